The molecule has 1 fully saturated rings. The average molecular weight is 458 g/mol. The zero-order valence-electron chi connectivity index (χ0n) is 18.4. The van der Waals surface area contributed by atoms with Gasteiger partial charge < -0.3 is 15.0 Å². The molecule has 170 valence electrons. The number of sulfonamides is 1. The number of carbonyl (C=O) groups excluding carboxylic acids is 2. The first-order valence-corrected chi connectivity index (χ1v) is 11.7. The zero-order valence-corrected chi connectivity index (χ0v) is 19.2. The lowest BCUT2D eigenvalue weighted by molar-refractivity contribution is -0.111. The van der Waals surface area contributed by atoms with Gasteiger partial charge in [0, 0.05) is 44.5 Å². The number of rotatable bonds is 7. The number of nitrogens with one attached hydrogen (secondary N) is 1. The van der Waals surface area contributed by atoms with E-state index in [1.54, 1.807) is 36.4 Å². The number of likely N-dealkylation sites (tertiary alicyclic amines) is 1. The topological polar surface area (TPSA) is 96.0 Å². The van der Waals surface area contributed by atoms with Crippen LogP contribution in [0, 0.1) is 0 Å². The van der Waals surface area contributed by atoms with E-state index in [0.717, 1.165) is 30.2 Å². The predicted molar refractivity (Wildman–Crippen MR) is 123 cm³/mol. The van der Waals surface area contributed by atoms with Crippen molar-refractivity contribution in [3.63, 3.8) is 0 Å². The molecule has 1 aliphatic rings. The molecule has 2 amide bonds. The Morgan fingerprint density at radius 3 is 2.47 bits per heavy atom. The largest absolute Gasteiger partial charge is 0.495 e. The third kappa shape index (κ3) is 5.35. The van der Waals surface area contributed by atoms with Crippen LogP contribution >= 0.6 is 0 Å². The summed E-state index contributed by atoms with van der Waals surface area (Å²) in [5.41, 5.74) is 1.57. The molecule has 3 rings (SSSR count). The number of carbonyl (C=O) groups is 2. The molecule has 0 atom stereocenters. The normalized spacial score (nSPS) is 14.2. The highest BCUT2D eigenvalue weighted by Crippen LogP contribution is 2.27. The Bertz CT molecular complexity index is 1140. The van der Waals surface area contributed by atoms with E-state index < -0.39 is 15.9 Å². The Hall–Kier alpha value is -3.17. The Morgan fingerprint density at radius 2 is 1.81 bits per heavy atom. The van der Waals surface area contributed by atoms with Crippen molar-refractivity contribution in [1.29, 1.82) is 0 Å². The summed E-state index contributed by atoms with van der Waals surface area (Å²) in [4.78, 5) is 26.8. The van der Waals surface area contributed by atoms with E-state index in [1.165, 1.54) is 39.4 Å². The first kappa shape index (κ1) is 23.5. The second-order valence-electron chi connectivity index (χ2n) is 7.60. The number of hydrogen-bond acceptors (Lipinski definition) is 5. The minimum atomic E-state index is -3.71. The van der Waals surface area contributed by atoms with E-state index >= 15 is 0 Å². The summed E-state index contributed by atoms with van der Waals surface area (Å²) < 4.78 is 31.3. The molecule has 1 N–H and O–H groups in total. The molecule has 0 aliphatic carbocycles. The maximum absolute atomic E-state index is 12.5. The van der Waals surface area contributed by atoms with E-state index in [9.17, 15) is 18.0 Å². The average Bonchev–Trinajstić information content (AvgIpc) is 3.32. The number of hydrogen-bond donors (Lipinski definition) is 1. The Kier molecular flexibility index (Phi) is 7.32. The second-order valence-corrected chi connectivity index (χ2v) is 9.72. The smallest absolute Gasteiger partial charge is 0.253 e. The van der Waals surface area contributed by atoms with Crippen molar-refractivity contribution < 1.29 is 22.7 Å². The van der Waals surface area contributed by atoms with Gasteiger partial charge in [0.05, 0.1) is 7.11 Å². The van der Waals surface area contributed by atoms with Crippen molar-refractivity contribution in [2.24, 2.45) is 0 Å². The van der Waals surface area contributed by atoms with Gasteiger partial charge in [-0.25, -0.2) is 12.7 Å². The van der Waals surface area contributed by atoms with Crippen molar-refractivity contribution in [2.75, 3.05) is 39.6 Å². The maximum atomic E-state index is 12.5. The first-order chi connectivity index (χ1) is 15.2. The zero-order chi connectivity index (χ0) is 23.3. The summed E-state index contributed by atoms with van der Waals surface area (Å²) >= 11 is 0. The van der Waals surface area contributed by atoms with E-state index in [0.29, 0.717) is 16.8 Å². The molecule has 2 aromatic rings. The highest BCUT2D eigenvalue weighted by molar-refractivity contribution is 7.89. The van der Waals surface area contributed by atoms with Crippen LogP contribution in [0.3, 0.4) is 0 Å². The quantitative estimate of drug-likeness (QED) is 0.645. The molecule has 0 spiro atoms. The number of methoxy groups -OCH3 is 1. The van der Waals surface area contributed by atoms with Crippen molar-refractivity contribution >= 4 is 33.6 Å². The molecule has 0 unspecified atom stereocenters. The van der Waals surface area contributed by atoms with Gasteiger partial charge in [0.2, 0.25) is 15.9 Å². The van der Waals surface area contributed by atoms with Crippen LogP contribution in [0.1, 0.15) is 28.8 Å². The molecule has 0 bridgehead atoms. The highest BCUT2D eigenvalue weighted by atomic mass is 32.2. The van der Waals surface area contributed by atoms with Gasteiger partial charge in [-0.15, -0.1) is 0 Å². The molecule has 2 aromatic carbocycles. The Morgan fingerprint density at radius 1 is 1.09 bits per heavy atom. The summed E-state index contributed by atoms with van der Waals surface area (Å²) in [6.07, 6.45) is 4.84. The van der Waals surface area contributed by atoms with Crippen LogP contribution in [-0.2, 0) is 14.8 Å². The number of ether oxygens (including phenoxy) is 1. The molecule has 0 saturated carbocycles. The summed E-state index contributed by atoms with van der Waals surface area (Å²) in [6.45, 7) is 1.51. The lowest BCUT2D eigenvalue weighted by Gasteiger charge is -2.15. The predicted octanol–water partition coefficient (Wildman–Crippen LogP) is 2.83. The van der Waals surface area contributed by atoms with Gasteiger partial charge in [-0.3, -0.25) is 9.59 Å². The molecule has 1 saturated heterocycles. The van der Waals surface area contributed by atoms with Crippen LogP contribution < -0.4 is 10.1 Å². The molecule has 1 aliphatic heterocycles. The number of benzene rings is 2. The molecular formula is C23H27N3O5S. The summed E-state index contributed by atoms with van der Waals surface area (Å²) in [5.74, 6) is -0.217. The van der Waals surface area contributed by atoms with Crippen molar-refractivity contribution in [1.82, 2.24) is 9.21 Å². The van der Waals surface area contributed by atoms with Crippen LogP contribution in [0.25, 0.3) is 6.08 Å². The Balaban J connectivity index is 1.73. The van der Waals surface area contributed by atoms with Crippen molar-refractivity contribution in [2.45, 2.75) is 17.7 Å². The van der Waals surface area contributed by atoms with Gasteiger partial charge in [0.1, 0.15) is 10.6 Å². The van der Waals surface area contributed by atoms with Crippen LogP contribution in [-0.4, -0.2) is 63.7 Å². The third-order valence-electron chi connectivity index (χ3n) is 5.14. The van der Waals surface area contributed by atoms with E-state index in [1.807, 2.05) is 4.90 Å². The standard InChI is InChI=1S/C23H27N3O5S/c1-25(2)32(29,30)21-15-17(9-11-20(21)31-3)10-12-22(27)24-19-8-6-7-18(16-19)23(28)26-13-4-5-14-26/h6-12,15-16H,4-5,13-14H2,1-3H3,(H,24,27)/b12-10+. The second kappa shape index (κ2) is 9.97. The highest BCUT2D eigenvalue weighted by Gasteiger charge is 2.22. The third-order valence-corrected chi connectivity index (χ3v) is 6.98. The van der Waals surface area contributed by atoms with Crippen LogP contribution in [0.5, 0.6) is 5.75 Å². The van der Waals surface area contributed by atoms with Gasteiger partial charge in [-0.2, -0.15) is 0 Å². The summed E-state index contributed by atoms with van der Waals surface area (Å²) in [7, 11) is 0.563. The summed E-state index contributed by atoms with van der Waals surface area (Å²) in [5, 5.41) is 2.74. The SMILES string of the molecule is COc1ccc(/C=C/C(=O)Nc2cccc(C(=O)N3CCCC3)c2)cc1S(=O)(=O)N(C)C. The molecule has 8 nitrogen and oxygen atoms in total. The summed E-state index contributed by atoms with van der Waals surface area (Å²) in [6, 6.07) is 11.5. The van der Waals surface area contributed by atoms with Crippen molar-refractivity contribution in [3.05, 3.63) is 59.7 Å². The number of nitrogens with zero attached hydrogens (tertiary/aromatic N) is 2. The van der Waals surface area contributed by atoms with Crippen LogP contribution in [0.2, 0.25) is 0 Å². The lowest BCUT2D eigenvalue weighted by Crippen LogP contribution is -2.27. The van der Waals surface area contributed by atoms with Gasteiger partial charge >= 0.3 is 0 Å². The minimum absolute atomic E-state index is 0.0145. The van der Waals surface area contributed by atoms with E-state index in [2.05, 4.69) is 5.32 Å². The van der Waals surface area contributed by atoms with Gasteiger partial charge in [0.25, 0.3) is 5.91 Å². The number of amides is 2. The molecule has 32 heavy (non-hydrogen) atoms. The van der Waals surface area contributed by atoms with Crippen LogP contribution in [0.4, 0.5) is 5.69 Å². The molecule has 0 aromatic heterocycles. The fourth-order valence-corrected chi connectivity index (χ4v) is 4.47. The fourth-order valence-electron chi connectivity index (χ4n) is 3.38. The van der Waals surface area contributed by atoms with Crippen molar-refractivity contribution in [3.8, 4) is 5.75 Å². The maximum Gasteiger partial charge on any atom is 0.253 e. The monoisotopic (exact) mass is 457 g/mol. The molecule has 0 radical (unpaired) electrons. The van der Waals surface area contributed by atoms with E-state index in [-0.39, 0.29) is 16.6 Å². The van der Waals surface area contributed by atoms with Gasteiger partial charge in [-0.1, -0.05) is 12.1 Å². The number of anilines is 1. The first-order valence-electron chi connectivity index (χ1n) is 10.2. The Labute approximate surface area is 188 Å². The van der Waals surface area contributed by atoms with Gasteiger partial charge in [-0.05, 0) is 54.8 Å². The molecule has 1 heterocycles. The molecular weight excluding hydrogens is 430 g/mol. The van der Waals surface area contributed by atoms with Crippen LogP contribution in [0.15, 0.2) is 53.4 Å². The molecule has 9 heteroatoms. The van der Waals surface area contributed by atoms with E-state index in [4.69, 9.17) is 4.74 Å². The fraction of sp³-hybridized carbons (Fsp3) is 0.304. The minimum Gasteiger partial charge on any atom is -0.495 e. The lowest BCUT2D eigenvalue weighted by atomic mass is 10.1. The van der Waals surface area contributed by atoms with Gasteiger partial charge in [0.15, 0.2) is 0 Å².